The minimum Gasteiger partial charge on any atom is -0.450 e. The van der Waals surface area contributed by atoms with Crippen LogP contribution in [0.3, 0.4) is 0 Å². The number of amides is 1. The first-order valence-corrected chi connectivity index (χ1v) is 9.63. The Morgan fingerprint density at radius 1 is 1.16 bits per heavy atom. The zero-order valence-electron chi connectivity index (χ0n) is 17.2. The molecule has 0 saturated carbocycles. The van der Waals surface area contributed by atoms with Crippen LogP contribution >= 0.6 is 0 Å². The molecule has 0 saturated heterocycles. The minimum absolute atomic E-state index is 0.0586. The number of hydrogen-bond donors (Lipinski definition) is 2. The summed E-state index contributed by atoms with van der Waals surface area (Å²) in [6.07, 6.45) is -0.723. The maximum atomic E-state index is 11.8. The van der Waals surface area contributed by atoms with Crippen molar-refractivity contribution in [1.82, 2.24) is 4.98 Å². The lowest BCUT2D eigenvalue weighted by molar-refractivity contribution is -0.383. The lowest BCUT2D eigenvalue weighted by Gasteiger charge is -2.31. The summed E-state index contributed by atoms with van der Waals surface area (Å²) in [5, 5.41) is 14.3. The molecule has 31 heavy (non-hydrogen) atoms. The Morgan fingerprint density at radius 2 is 1.71 bits per heavy atom. The Hall–Kier alpha value is -4.14. The number of carbonyl (C=O) groups excluding carboxylic acids is 1. The molecule has 1 amide bonds. The molecular formula is C22H23N5O4. The summed E-state index contributed by atoms with van der Waals surface area (Å²) >= 11 is 0. The molecule has 9 nitrogen and oxygen atoms in total. The summed E-state index contributed by atoms with van der Waals surface area (Å²) in [6.45, 7) is 1.84. The second-order valence-corrected chi connectivity index (χ2v) is 6.70. The topological polar surface area (TPSA) is 124 Å². The molecule has 0 bridgehead atoms. The van der Waals surface area contributed by atoms with Crippen LogP contribution in [0.2, 0.25) is 0 Å². The smallest absolute Gasteiger partial charge is 0.412 e. The molecule has 0 aliphatic carbocycles. The first-order chi connectivity index (χ1) is 14.9. The molecule has 0 radical (unpaired) electrons. The van der Waals surface area contributed by atoms with Gasteiger partial charge in [0.05, 0.1) is 17.6 Å². The van der Waals surface area contributed by atoms with Crippen molar-refractivity contribution >= 4 is 29.1 Å². The van der Waals surface area contributed by atoms with Crippen molar-refractivity contribution in [3.05, 3.63) is 88.0 Å². The number of nitrogens with one attached hydrogen (secondary N) is 1. The van der Waals surface area contributed by atoms with E-state index in [0.29, 0.717) is 0 Å². The van der Waals surface area contributed by atoms with E-state index in [2.05, 4.69) is 10.3 Å². The van der Waals surface area contributed by atoms with Gasteiger partial charge in [-0.3, -0.25) is 15.4 Å². The molecule has 160 valence electrons. The molecule has 3 N–H and O–H groups in total. The van der Waals surface area contributed by atoms with Gasteiger partial charge in [0, 0.05) is 13.1 Å². The van der Waals surface area contributed by atoms with E-state index in [9.17, 15) is 14.9 Å². The average molecular weight is 421 g/mol. The summed E-state index contributed by atoms with van der Waals surface area (Å²) in [7, 11) is 1.74. The van der Waals surface area contributed by atoms with Crippen LogP contribution in [-0.4, -0.2) is 29.7 Å². The molecule has 0 spiro atoms. The molecule has 3 rings (SSSR count). The fraction of sp³-hybridized carbons (Fsp3) is 0.182. The van der Waals surface area contributed by atoms with Crippen LogP contribution in [0.25, 0.3) is 0 Å². The maximum Gasteiger partial charge on any atom is 0.412 e. The van der Waals surface area contributed by atoms with Crippen molar-refractivity contribution in [2.45, 2.75) is 13.0 Å². The molecule has 0 aliphatic heterocycles. The first-order valence-electron chi connectivity index (χ1n) is 9.63. The van der Waals surface area contributed by atoms with Crippen LogP contribution in [0.4, 0.5) is 27.8 Å². The Balaban J connectivity index is 2.13. The molecule has 1 aromatic heterocycles. The number of anilines is 3. The number of benzene rings is 2. The number of nitrogen functional groups attached to an aromatic ring is 1. The summed E-state index contributed by atoms with van der Waals surface area (Å²) < 4.78 is 4.87. The van der Waals surface area contributed by atoms with E-state index in [4.69, 9.17) is 10.5 Å². The molecule has 1 heterocycles. The van der Waals surface area contributed by atoms with Gasteiger partial charge in [-0.25, -0.2) is 9.78 Å². The molecule has 0 atom stereocenters. The van der Waals surface area contributed by atoms with Gasteiger partial charge in [-0.05, 0) is 18.1 Å². The predicted molar refractivity (Wildman–Crippen MR) is 119 cm³/mol. The summed E-state index contributed by atoms with van der Waals surface area (Å²) in [6, 6.07) is 20.3. The first kappa shape index (κ1) is 21.6. The quantitative estimate of drug-likeness (QED) is 0.429. The number of nitrogens with two attached hydrogens (primary N) is 1. The summed E-state index contributed by atoms with van der Waals surface area (Å²) in [5.41, 5.74) is 7.65. The fourth-order valence-electron chi connectivity index (χ4n) is 3.39. The van der Waals surface area contributed by atoms with Crippen molar-refractivity contribution in [3.8, 4) is 0 Å². The highest BCUT2D eigenvalue weighted by atomic mass is 16.6. The third kappa shape index (κ3) is 4.89. The number of hydrogen-bond acceptors (Lipinski definition) is 7. The SMILES string of the molecule is CCOC(=O)Nc1cc(N(C)C(c2ccccc2)c2ccccc2)c([N+](=O)[O-])c(N)n1. The van der Waals surface area contributed by atoms with Gasteiger partial charge in [-0.1, -0.05) is 60.7 Å². The number of nitrogens with zero attached hydrogens (tertiary/aromatic N) is 3. The number of nitro groups is 1. The van der Waals surface area contributed by atoms with Crippen LogP contribution < -0.4 is 16.0 Å². The van der Waals surface area contributed by atoms with Gasteiger partial charge in [-0.2, -0.15) is 0 Å². The van der Waals surface area contributed by atoms with Gasteiger partial charge in [0.2, 0.25) is 5.82 Å². The van der Waals surface area contributed by atoms with Gasteiger partial charge in [-0.15, -0.1) is 0 Å². The predicted octanol–water partition coefficient (Wildman–Crippen LogP) is 4.37. The van der Waals surface area contributed by atoms with E-state index in [-0.39, 0.29) is 35.7 Å². The zero-order valence-corrected chi connectivity index (χ0v) is 17.2. The largest absolute Gasteiger partial charge is 0.450 e. The fourth-order valence-corrected chi connectivity index (χ4v) is 3.39. The van der Waals surface area contributed by atoms with E-state index in [1.54, 1.807) is 18.9 Å². The van der Waals surface area contributed by atoms with Crippen LogP contribution in [0.15, 0.2) is 66.7 Å². The normalized spacial score (nSPS) is 10.5. The van der Waals surface area contributed by atoms with Crippen LogP contribution in [0, 0.1) is 10.1 Å². The lowest BCUT2D eigenvalue weighted by atomic mass is 9.97. The van der Waals surface area contributed by atoms with Gasteiger partial charge < -0.3 is 15.4 Å². The highest BCUT2D eigenvalue weighted by Gasteiger charge is 2.29. The lowest BCUT2D eigenvalue weighted by Crippen LogP contribution is -2.27. The highest BCUT2D eigenvalue weighted by molar-refractivity contribution is 5.86. The van der Waals surface area contributed by atoms with Gasteiger partial charge in [0.25, 0.3) is 0 Å². The Kier molecular flexibility index (Phi) is 6.66. The van der Waals surface area contributed by atoms with Crippen LogP contribution in [0.1, 0.15) is 24.1 Å². The number of carbonyl (C=O) groups is 1. The third-order valence-electron chi connectivity index (χ3n) is 4.69. The van der Waals surface area contributed by atoms with Gasteiger partial charge in [0.1, 0.15) is 11.5 Å². The standard InChI is InChI=1S/C22H23N5O4/c1-3-31-22(28)25-18-14-17(20(27(29)30)21(23)24-18)26(2)19(15-10-6-4-7-11-15)16-12-8-5-9-13-16/h4-14,19H,3H2,1-2H3,(H3,23,24,25,28). The van der Waals surface area contributed by atoms with Gasteiger partial charge in [0.15, 0.2) is 0 Å². The van der Waals surface area contributed by atoms with Crippen molar-refractivity contribution in [2.75, 3.05) is 29.6 Å². The number of rotatable bonds is 7. The van der Waals surface area contributed by atoms with Crippen molar-refractivity contribution in [3.63, 3.8) is 0 Å². The molecule has 0 aliphatic rings. The van der Waals surface area contributed by atoms with Crippen molar-refractivity contribution in [1.29, 1.82) is 0 Å². The van der Waals surface area contributed by atoms with Crippen LogP contribution in [0.5, 0.6) is 0 Å². The van der Waals surface area contributed by atoms with E-state index in [0.717, 1.165) is 11.1 Å². The number of pyridine rings is 1. The summed E-state index contributed by atoms with van der Waals surface area (Å²) in [4.78, 5) is 28.8. The average Bonchev–Trinajstić information content (AvgIpc) is 2.75. The second kappa shape index (κ2) is 9.57. The third-order valence-corrected chi connectivity index (χ3v) is 4.69. The Morgan fingerprint density at radius 3 is 2.19 bits per heavy atom. The van der Waals surface area contributed by atoms with Gasteiger partial charge >= 0.3 is 11.8 Å². The zero-order chi connectivity index (χ0) is 22.4. The Bertz CT molecular complexity index is 1020. The molecule has 9 heteroatoms. The maximum absolute atomic E-state index is 11.8. The van der Waals surface area contributed by atoms with E-state index >= 15 is 0 Å². The van der Waals surface area contributed by atoms with E-state index < -0.39 is 11.0 Å². The number of ether oxygens (including phenoxy) is 1. The molecular weight excluding hydrogens is 398 g/mol. The molecule has 0 fully saturated rings. The summed E-state index contributed by atoms with van der Waals surface area (Å²) in [5.74, 6) is -0.246. The molecule has 2 aromatic carbocycles. The van der Waals surface area contributed by atoms with Crippen molar-refractivity contribution < 1.29 is 14.5 Å². The van der Waals surface area contributed by atoms with E-state index in [1.807, 2.05) is 60.7 Å². The highest BCUT2D eigenvalue weighted by Crippen LogP contribution is 2.40. The van der Waals surface area contributed by atoms with Crippen LogP contribution in [-0.2, 0) is 4.74 Å². The van der Waals surface area contributed by atoms with E-state index in [1.165, 1.54) is 6.07 Å². The molecule has 3 aromatic rings. The minimum atomic E-state index is -0.723. The van der Waals surface area contributed by atoms with Crippen molar-refractivity contribution in [2.24, 2.45) is 0 Å². The monoisotopic (exact) mass is 421 g/mol. The molecule has 0 unspecified atom stereocenters. The Labute approximate surface area is 179 Å². The number of aromatic nitrogens is 1. The second-order valence-electron chi connectivity index (χ2n) is 6.70.